The number of amides is 1. The normalized spacial score (nSPS) is 12.1. The van der Waals surface area contributed by atoms with E-state index in [1.54, 1.807) is 72.8 Å². The van der Waals surface area contributed by atoms with Gasteiger partial charge < -0.3 is 5.32 Å². The number of hydrogen-bond donors (Lipinski definition) is 1. The molecule has 1 amide bonds. The Bertz CT molecular complexity index is 1460. The number of sulfonamides is 1. The van der Waals surface area contributed by atoms with Crippen molar-refractivity contribution in [2.45, 2.75) is 37.8 Å². The van der Waals surface area contributed by atoms with Crippen LogP contribution in [0.25, 0.3) is 0 Å². The van der Waals surface area contributed by atoms with Gasteiger partial charge in [0.05, 0.1) is 23.2 Å². The third-order valence-electron chi connectivity index (χ3n) is 6.23. The number of anilines is 1. The SMILES string of the molecule is CC[C@H](NC(=O)c1ccc(CN(c2cc(Cl)ccc2C)S(=O)(=O)c2ccccc2)cc1)c1ccccc1. The van der Waals surface area contributed by atoms with Crippen LogP contribution in [0.2, 0.25) is 5.02 Å². The van der Waals surface area contributed by atoms with E-state index in [1.807, 2.05) is 44.2 Å². The van der Waals surface area contributed by atoms with Crippen molar-refractivity contribution in [2.75, 3.05) is 4.31 Å². The summed E-state index contributed by atoms with van der Waals surface area (Å²) in [5.74, 6) is -0.179. The van der Waals surface area contributed by atoms with E-state index in [-0.39, 0.29) is 23.4 Å². The second-order valence-electron chi connectivity index (χ2n) is 8.80. The van der Waals surface area contributed by atoms with E-state index in [4.69, 9.17) is 11.6 Å². The highest BCUT2D eigenvalue weighted by molar-refractivity contribution is 7.92. The van der Waals surface area contributed by atoms with E-state index in [9.17, 15) is 13.2 Å². The number of benzene rings is 4. The first-order valence-electron chi connectivity index (χ1n) is 12.1. The Morgan fingerprint density at radius 2 is 1.51 bits per heavy atom. The minimum absolute atomic E-state index is 0.0852. The van der Waals surface area contributed by atoms with Gasteiger partial charge in [-0.25, -0.2) is 8.42 Å². The summed E-state index contributed by atoms with van der Waals surface area (Å²) in [4.78, 5) is 13.1. The fourth-order valence-electron chi connectivity index (χ4n) is 4.15. The maximum Gasteiger partial charge on any atom is 0.264 e. The number of aryl methyl sites for hydroxylation is 1. The lowest BCUT2D eigenvalue weighted by Crippen LogP contribution is -2.31. The Labute approximate surface area is 223 Å². The summed E-state index contributed by atoms with van der Waals surface area (Å²) >= 11 is 6.25. The zero-order valence-electron chi connectivity index (χ0n) is 20.8. The Hall–Kier alpha value is -3.61. The van der Waals surface area contributed by atoms with Crippen molar-refractivity contribution in [3.63, 3.8) is 0 Å². The largest absolute Gasteiger partial charge is 0.345 e. The van der Waals surface area contributed by atoms with Crippen LogP contribution in [0.1, 0.15) is 46.4 Å². The predicted octanol–water partition coefficient (Wildman–Crippen LogP) is 6.93. The van der Waals surface area contributed by atoms with Gasteiger partial charge in [0.2, 0.25) is 0 Å². The quantitative estimate of drug-likeness (QED) is 0.254. The molecule has 0 saturated carbocycles. The summed E-state index contributed by atoms with van der Waals surface area (Å²) in [5.41, 5.74) is 3.59. The standard InChI is InChI=1S/C30H29ClN2O3S/c1-3-28(24-10-6-4-7-11-24)32-30(34)25-17-15-23(16-18-25)21-33(29-20-26(31)19-14-22(29)2)37(35,36)27-12-8-5-9-13-27/h4-20,28H,3,21H2,1-2H3,(H,32,34)/t28-/m0/s1. The highest BCUT2D eigenvalue weighted by Crippen LogP contribution is 2.31. The molecule has 0 spiro atoms. The molecule has 0 aromatic heterocycles. The minimum Gasteiger partial charge on any atom is -0.345 e. The van der Waals surface area contributed by atoms with Crippen LogP contribution in [0.5, 0.6) is 0 Å². The van der Waals surface area contributed by atoms with Crippen LogP contribution in [0.3, 0.4) is 0 Å². The highest BCUT2D eigenvalue weighted by atomic mass is 35.5. The molecule has 7 heteroatoms. The fraction of sp³-hybridized carbons (Fsp3) is 0.167. The van der Waals surface area contributed by atoms with Gasteiger partial charge >= 0.3 is 0 Å². The van der Waals surface area contributed by atoms with Crippen molar-refractivity contribution in [1.82, 2.24) is 5.32 Å². The van der Waals surface area contributed by atoms with Crippen LogP contribution < -0.4 is 9.62 Å². The summed E-state index contributed by atoms with van der Waals surface area (Å²) in [7, 11) is -3.87. The van der Waals surface area contributed by atoms with Crippen molar-refractivity contribution in [2.24, 2.45) is 0 Å². The Morgan fingerprint density at radius 3 is 2.14 bits per heavy atom. The molecule has 0 aliphatic heterocycles. The molecule has 4 aromatic rings. The zero-order valence-corrected chi connectivity index (χ0v) is 22.3. The Kier molecular flexibility index (Phi) is 8.31. The fourth-order valence-corrected chi connectivity index (χ4v) is 5.84. The second-order valence-corrected chi connectivity index (χ2v) is 11.1. The number of hydrogen-bond acceptors (Lipinski definition) is 3. The monoisotopic (exact) mass is 532 g/mol. The van der Waals surface area contributed by atoms with E-state index in [1.165, 1.54) is 4.31 Å². The first kappa shape index (κ1) is 26.5. The van der Waals surface area contributed by atoms with Gasteiger partial charge in [0.25, 0.3) is 15.9 Å². The lowest BCUT2D eigenvalue weighted by molar-refractivity contribution is 0.0935. The highest BCUT2D eigenvalue weighted by Gasteiger charge is 2.26. The first-order valence-corrected chi connectivity index (χ1v) is 13.9. The number of carbonyl (C=O) groups excluding carboxylic acids is 1. The molecule has 0 radical (unpaired) electrons. The molecule has 0 bridgehead atoms. The molecule has 0 heterocycles. The molecule has 4 aromatic carbocycles. The first-order chi connectivity index (χ1) is 17.8. The van der Waals surface area contributed by atoms with Gasteiger partial charge in [-0.2, -0.15) is 0 Å². The summed E-state index contributed by atoms with van der Waals surface area (Å²) in [6.45, 7) is 3.96. The van der Waals surface area contributed by atoms with E-state index in [2.05, 4.69) is 5.32 Å². The van der Waals surface area contributed by atoms with E-state index >= 15 is 0 Å². The second kappa shape index (κ2) is 11.6. The maximum atomic E-state index is 13.7. The number of nitrogens with one attached hydrogen (secondary N) is 1. The van der Waals surface area contributed by atoms with E-state index < -0.39 is 10.0 Å². The van der Waals surface area contributed by atoms with Gasteiger partial charge in [-0.15, -0.1) is 0 Å². The molecule has 1 N–H and O–H groups in total. The minimum atomic E-state index is -3.87. The molecule has 0 aliphatic rings. The van der Waals surface area contributed by atoms with Gasteiger partial charge in [0.15, 0.2) is 0 Å². The van der Waals surface area contributed by atoms with Crippen molar-refractivity contribution < 1.29 is 13.2 Å². The predicted molar refractivity (Wildman–Crippen MR) is 149 cm³/mol. The van der Waals surface area contributed by atoms with E-state index in [0.717, 1.165) is 23.1 Å². The molecular formula is C30H29ClN2O3S. The Morgan fingerprint density at radius 1 is 0.892 bits per heavy atom. The molecular weight excluding hydrogens is 504 g/mol. The van der Waals surface area contributed by atoms with E-state index in [0.29, 0.717) is 16.3 Å². The maximum absolute atomic E-state index is 13.7. The van der Waals surface area contributed by atoms with Crippen molar-refractivity contribution in [1.29, 1.82) is 0 Å². The summed E-state index contributed by atoms with van der Waals surface area (Å²) in [6, 6.07) is 30.3. The number of halogens is 1. The van der Waals surface area contributed by atoms with Gasteiger partial charge in [-0.05, 0) is 66.4 Å². The molecule has 5 nitrogen and oxygen atoms in total. The number of nitrogens with zero attached hydrogens (tertiary/aromatic N) is 1. The Balaban J connectivity index is 1.60. The number of rotatable bonds is 9. The molecule has 0 saturated heterocycles. The zero-order chi connectivity index (χ0) is 26.4. The smallest absolute Gasteiger partial charge is 0.264 e. The molecule has 0 unspecified atom stereocenters. The lowest BCUT2D eigenvalue weighted by Gasteiger charge is -2.26. The third-order valence-corrected chi connectivity index (χ3v) is 8.24. The van der Waals surface area contributed by atoms with Crippen LogP contribution >= 0.6 is 11.6 Å². The molecule has 0 fully saturated rings. The summed E-state index contributed by atoms with van der Waals surface area (Å²) < 4.78 is 28.7. The summed E-state index contributed by atoms with van der Waals surface area (Å²) in [6.07, 6.45) is 0.763. The van der Waals surface area contributed by atoms with Crippen molar-refractivity contribution in [3.8, 4) is 0 Å². The molecule has 190 valence electrons. The molecule has 0 aliphatic carbocycles. The third kappa shape index (κ3) is 6.21. The molecule has 37 heavy (non-hydrogen) atoms. The van der Waals surface area contributed by atoms with Gasteiger partial charge in [-0.3, -0.25) is 9.10 Å². The van der Waals surface area contributed by atoms with Gasteiger partial charge in [0, 0.05) is 10.6 Å². The van der Waals surface area contributed by atoms with Crippen molar-refractivity contribution in [3.05, 3.63) is 130 Å². The molecule has 1 atom stereocenters. The summed E-state index contributed by atoms with van der Waals surface area (Å²) in [5, 5.41) is 3.53. The van der Waals surface area contributed by atoms with Gasteiger partial charge in [-0.1, -0.05) is 85.3 Å². The van der Waals surface area contributed by atoms with Crippen LogP contribution in [-0.2, 0) is 16.6 Å². The van der Waals surface area contributed by atoms with Crippen LogP contribution in [0.15, 0.2) is 108 Å². The van der Waals surface area contributed by atoms with Crippen LogP contribution in [-0.4, -0.2) is 14.3 Å². The number of carbonyl (C=O) groups is 1. The van der Waals surface area contributed by atoms with Gasteiger partial charge in [0.1, 0.15) is 0 Å². The lowest BCUT2D eigenvalue weighted by atomic mass is 10.0. The average molecular weight is 533 g/mol. The average Bonchev–Trinajstić information content (AvgIpc) is 2.93. The van der Waals surface area contributed by atoms with Crippen LogP contribution in [0.4, 0.5) is 5.69 Å². The van der Waals surface area contributed by atoms with Crippen LogP contribution in [0, 0.1) is 6.92 Å². The topological polar surface area (TPSA) is 66.5 Å². The molecule has 4 rings (SSSR count). The van der Waals surface area contributed by atoms with Crippen molar-refractivity contribution >= 4 is 33.2 Å².